The Labute approximate surface area is 166 Å². The minimum absolute atomic E-state index is 0.166. The second-order valence-electron chi connectivity index (χ2n) is 6.53. The zero-order valence-electron chi connectivity index (χ0n) is 15.4. The molecule has 0 aliphatic heterocycles. The van der Waals surface area contributed by atoms with E-state index in [4.69, 9.17) is 11.6 Å². The lowest BCUT2D eigenvalue weighted by Crippen LogP contribution is -2.03. The van der Waals surface area contributed by atoms with Gasteiger partial charge < -0.3 is 5.32 Å². The van der Waals surface area contributed by atoms with Crippen LogP contribution in [-0.4, -0.2) is 9.38 Å². The summed E-state index contributed by atoms with van der Waals surface area (Å²) in [4.78, 5) is 4.55. The van der Waals surface area contributed by atoms with Gasteiger partial charge in [-0.1, -0.05) is 42.8 Å². The lowest BCUT2D eigenvalue weighted by molar-refractivity contribution is 0.589. The van der Waals surface area contributed by atoms with Gasteiger partial charge in [-0.2, -0.15) is 0 Å². The summed E-state index contributed by atoms with van der Waals surface area (Å²) in [5.74, 6) is -0.853. The Morgan fingerprint density at radius 1 is 1.00 bits per heavy atom. The van der Waals surface area contributed by atoms with E-state index in [-0.39, 0.29) is 11.3 Å². The van der Waals surface area contributed by atoms with Gasteiger partial charge in [-0.05, 0) is 49.2 Å². The van der Waals surface area contributed by atoms with Crippen molar-refractivity contribution >= 4 is 28.8 Å². The molecule has 0 unspecified atom stereocenters. The Morgan fingerprint density at radius 3 is 2.36 bits per heavy atom. The molecule has 0 amide bonds. The predicted molar refractivity (Wildman–Crippen MR) is 109 cm³/mol. The lowest BCUT2D eigenvalue weighted by atomic mass is 10.1. The van der Waals surface area contributed by atoms with E-state index in [1.165, 1.54) is 18.2 Å². The second-order valence-corrected chi connectivity index (χ2v) is 6.93. The molecule has 142 valence electrons. The smallest absolute Gasteiger partial charge is 0.143 e. The number of para-hydroxylation sites is 1. The molecular weight excluding hydrogens is 380 g/mol. The van der Waals surface area contributed by atoms with Gasteiger partial charge in [0.05, 0.1) is 16.3 Å². The van der Waals surface area contributed by atoms with Crippen molar-refractivity contribution < 1.29 is 8.78 Å². The van der Waals surface area contributed by atoms with Gasteiger partial charge in [-0.25, -0.2) is 13.8 Å². The minimum atomic E-state index is -0.666. The monoisotopic (exact) mass is 397 g/mol. The number of halogens is 3. The van der Waals surface area contributed by atoms with Gasteiger partial charge in [0.2, 0.25) is 0 Å². The van der Waals surface area contributed by atoms with Gasteiger partial charge in [0, 0.05) is 5.69 Å². The second kappa shape index (κ2) is 7.24. The summed E-state index contributed by atoms with van der Waals surface area (Å²) in [5.41, 5.74) is 3.19. The molecule has 0 aliphatic carbocycles. The number of benzene rings is 2. The van der Waals surface area contributed by atoms with E-state index in [1.54, 1.807) is 6.07 Å². The predicted octanol–water partition coefficient (Wildman–Crippen LogP) is 6.55. The summed E-state index contributed by atoms with van der Waals surface area (Å²) < 4.78 is 31.0. The lowest BCUT2D eigenvalue weighted by Gasteiger charge is -2.15. The van der Waals surface area contributed by atoms with E-state index in [0.29, 0.717) is 22.2 Å². The van der Waals surface area contributed by atoms with Gasteiger partial charge in [0.1, 0.15) is 28.8 Å². The Morgan fingerprint density at radius 2 is 1.68 bits per heavy atom. The van der Waals surface area contributed by atoms with E-state index in [2.05, 4.69) is 10.3 Å². The highest BCUT2D eigenvalue weighted by molar-refractivity contribution is 6.33. The number of anilines is 2. The summed E-state index contributed by atoms with van der Waals surface area (Å²) in [5, 5.41) is 3.81. The van der Waals surface area contributed by atoms with Gasteiger partial charge in [-0.3, -0.25) is 4.40 Å². The molecule has 2 heterocycles. The van der Waals surface area contributed by atoms with Crippen LogP contribution in [0, 0.1) is 18.6 Å². The van der Waals surface area contributed by atoms with Crippen molar-refractivity contribution in [2.24, 2.45) is 0 Å². The van der Waals surface area contributed by atoms with Crippen molar-refractivity contribution in [1.29, 1.82) is 0 Å². The van der Waals surface area contributed by atoms with Gasteiger partial charge in [0.15, 0.2) is 0 Å². The molecule has 0 saturated heterocycles. The molecule has 0 spiro atoms. The number of aromatic nitrogens is 2. The quantitative estimate of drug-likeness (QED) is 0.423. The first-order valence-corrected chi connectivity index (χ1v) is 9.36. The maximum Gasteiger partial charge on any atom is 0.143 e. The molecule has 6 heteroatoms. The number of hydrogen-bond donors (Lipinski definition) is 1. The molecular formula is C22H18ClF2N3. The third-order valence-electron chi connectivity index (χ3n) is 4.75. The van der Waals surface area contributed by atoms with Crippen molar-refractivity contribution in [3.8, 4) is 11.3 Å². The van der Waals surface area contributed by atoms with Crippen LogP contribution < -0.4 is 5.32 Å². The number of rotatable bonds is 4. The molecule has 4 rings (SSSR count). The molecule has 0 aliphatic rings. The third-order valence-corrected chi connectivity index (χ3v) is 5.07. The van der Waals surface area contributed by atoms with Crippen molar-refractivity contribution in [2.45, 2.75) is 20.3 Å². The summed E-state index contributed by atoms with van der Waals surface area (Å²) in [6.45, 7) is 3.93. The molecule has 0 fully saturated rings. The number of nitrogens with zero attached hydrogens (tertiary/aromatic N) is 2. The molecule has 0 bridgehead atoms. The summed E-state index contributed by atoms with van der Waals surface area (Å²) in [6.07, 6.45) is 0.725. The number of imidazole rings is 1. The number of fused-ring (bicyclic) bond motifs is 1. The summed E-state index contributed by atoms with van der Waals surface area (Å²) >= 11 is 6.39. The third kappa shape index (κ3) is 3.02. The molecule has 0 radical (unpaired) electrons. The van der Waals surface area contributed by atoms with E-state index < -0.39 is 11.6 Å². The molecule has 2 aromatic heterocycles. The highest BCUT2D eigenvalue weighted by Gasteiger charge is 2.22. The average molecular weight is 398 g/mol. The van der Waals surface area contributed by atoms with E-state index >= 15 is 0 Å². The van der Waals surface area contributed by atoms with Crippen molar-refractivity contribution in [3.63, 3.8) is 0 Å². The fourth-order valence-electron chi connectivity index (χ4n) is 3.36. The van der Waals surface area contributed by atoms with Crippen LogP contribution in [0.4, 0.5) is 20.3 Å². The van der Waals surface area contributed by atoms with Crippen molar-refractivity contribution in [1.82, 2.24) is 9.38 Å². The topological polar surface area (TPSA) is 29.3 Å². The highest BCUT2D eigenvalue weighted by atomic mass is 35.5. The Balaban J connectivity index is 2.05. The van der Waals surface area contributed by atoms with Crippen molar-refractivity contribution in [3.05, 3.63) is 82.5 Å². The SMILES string of the molecule is CCc1cccc2nc(-c3c(F)cccc3F)c(Nc3c(C)cccc3Cl)n12. The van der Waals surface area contributed by atoms with Crippen LogP contribution in [0.2, 0.25) is 5.02 Å². The number of pyridine rings is 1. The van der Waals surface area contributed by atoms with Gasteiger partial charge >= 0.3 is 0 Å². The van der Waals surface area contributed by atoms with Crippen LogP contribution in [0.5, 0.6) is 0 Å². The molecule has 4 aromatic rings. The minimum Gasteiger partial charge on any atom is -0.338 e. The zero-order chi connectivity index (χ0) is 19.8. The first-order chi connectivity index (χ1) is 13.5. The van der Waals surface area contributed by atoms with E-state index in [0.717, 1.165) is 17.7 Å². The maximum atomic E-state index is 14.6. The molecule has 0 saturated carbocycles. The molecule has 0 atom stereocenters. The maximum absolute atomic E-state index is 14.6. The van der Waals surface area contributed by atoms with Crippen LogP contribution >= 0.6 is 11.6 Å². The Bertz CT molecular complexity index is 1140. The van der Waals surface area contributed by atoms with Gasteiger partial charge in [-0.15, -0.1) is 0 Å². The largest absolute Gasteiger partial charge is 0.338 e. The van der Waals surface area contributed by atoms with Crippen LogP contribution in [0.3, 0.4) is 0 Å². The zero-order valence-corrected chi connectivity index (χ0v) is 16.2. The fourth-order valence-corrected chi connectivity index (χ4v) is 3.63. The van der Waals surface area contributed by atoms with Crippen LogP contribution in [0.1, 0.15) is 18.2 Å². The highest BCUT2D eigenvalue weighted by Crippen LogP contribution is 2.37. The average Bonchev–Trinajstić information content (AvgIpc) is 3.03. The Hall–Kier alpha value is -2.92. The summed E-state index contributed by atoms with van der Waals surface area (Å²) in [7, 11) is 0. The van der Waals surface area contributed by atoms with E-state index in [9.17, 15) is 8.78 Å². The number of hydrogen-bond acceptors (Lipinski definition) is 2. The van der Waals surface area contributed by atoms with E-state index in [1.807, 2.05) is 48.6 Å². The fraction of sp³-hybridized carbons (Fsp3) is 0.136. The standard InChI is InChI=1S/C22H18ClF2N3/c1-3-14-8-5-12-18-26-21(19-16(24)10-6-11-17(19)25)22(28(14)18)27-20-13(2)7-4-9-15(20)23/h4-12,27H,3H2,1-2H3. The van der Waals surface area contributed by atoms with Crippen LogP contribution in [-0.2, 0) is 6.42 Å². The van der Waals surface area contributed by atoms with Crippen molar-refractivity contribution in [2.75, 3.05) is 5.32 Å². The molecule has 3 nitrogen and oxygen atoms in total. The van der Waals surface area contributed by atoms with Gasteiger partial charge in [0.25, 0.3) is 0 Å². The normalized spacial score (nSPS) is 11.2. The number of aryl methyl sites for hydroxylation is 2. The van der Waals surface area contributed by atoms with Crippen LogP contribution in [0.25, 0.3) is 16.9 Å². The first kappa shape index (κ1) is 18.4. The molecule has 28 heavy (non-hydrogen) atoms. The van der Waals surface area contributed by atoms with Crippen LogP contribution in [0.15, 0.2) is 54.6 Å². The summed E-state index contributed by atoms with van der Waals surface area (Å²) in [6, 6.07) is 15.0. The molecule has 1 N–H and O–H groups in total. The first-order valence-electron chi connectivity index (χ1n) is 8.98. The Kier molecular flexibility index (Phi) is 4.77. The number of nitrogens with one attached hydrogen (secondary N) is 1. The molecule has 2 aromatic carbocycles.